The number of aromatic hydroxyl groups is 1. The summed E-state index contributed by atoms with van der Waals surface area (Å²) in [6.45, 7) is 0. The summed E-state index contributed by atoms with van der Waals surface area (Å²) in [6, 6.07) is 29.2. The molecule has 1 aliphatic rings. The number of nitrogens with zero attached hydrogens (tertiary/aromatic N) is 1. The predicted octanol–water partition coefficient (Wildman–Crippen LogP) is 6.27. The molecule has 2 heteroatoms. The zero-order chi connectivity index (χ0) is 18.2. The molecule has 0 saturated heterocycles. The van der Waals surface area contributed by atoms with Crippen LogP contribution in [0.5, 0.6) is 5.75 Å². The third kappa shape index (κ3) is 2.97. The lowest BCUT2D eigenvalue weighted by atomic mass is 9.70. The average molecular weight is 351 g/mol. The minimum Gasteiger partial charge on any atom is -0.506 e. The number of pyridine rings is 1. The van der Waals surface area contributed by atoms with Gasteiger partial charge in [-0.3, -0.25) is 0 Å². The standard InChI is InChI=1S/C25H21NO/c27-24-8-4-7-20-13-14-23(26-25(20)24)22-15-21(16-22)19-11-9-18(10-12-19)17-5-2-1-3-6-17/h1-14,21-22,27H,15-16H2. The van der Waals surface area contributed by atoms with Crippen molar-refractivity contribution in [1.29, 1.82) is 0 Å². The van der Waals surface area contributed by atoms with Crippen molar-refractivity contribution in [1.82, 2.24) is 4.98 Å². The van der Waals surface area contributed by atoms with E-state index in [0.29, 0.717) is 17.4 Å². The van der Waals surface area contributed by atoms with Crippen molar-refractivity contribution in [3.63, 3.8) is 0 Å². The third-order valence-corrected chi connectivity index (χ3v) is 5.77. The van der Waals surface area contributed by atoms with E-state index in [1.807, 2.05) is 18.2 Å². The van der Waals surface area contributed by atoms with E-state index < -0.39 is 0 Å². The lowest BCUT2D eigenvalue weighted by Crippen LogP contribution is -2.21. The normalized spacial score (nSPS) is 19.0. The number of phenolic OH excluding ortho intramolecular Hbond substituents is 1. The third-order valence-electron chi connectivity index (χ3n) is 5.77. The molecule has 2 nitrogen and oxygen atoms in total. The van der Waals surface area contributed by atoms with Crippen molar-refractivity contribution in [2.75, 3.05) is 0 Å². The lowest BCUT2D eigenvalue weighted by Gasteiger charge is -2.35. The first-order chi connectivity index (χ1) is 13.3. The van der Waals surface area contributed by atoms with Gasteiger partial charge in [0.2, 0.25) is 0 Å². The van der Waals surface area contributed by atoms with Gasteiger partial charge in [-0.05, 0) is 47.6 Å². The molecule has 1 aromatic heterocycles. The molecule has 0 radical (unpaired) electrons. The Hall–Kier alpha value is -3.13. The molecule has 0 aliphatic heterocycles. The highest BCUT2D eigenvalue weighted by molar-refractivity contribution is 5.84. The fraction of sp³-hybridized carbons (Fsp3) is 0.160. The fourth-order valence-electron chi connectivity index (χ4n) is 4.08. The van der Waals surface area contributed by atoms with Crippen LogP contribution in [0, 0.1) is 0 Å². The molecular formula is C25H21NO. The number of phenols is 1. The first kappa shape index (κ1) is 16.1. The van der Waals surface area contributed by atoms with Gasteiger partial charge in [0.05, 0.1) is 0 Å². The van der Waals surface area contributed by atoms with Crippen LogP contribution in [0.3, 0.4) is 0 Å². The molecular weight excluding hydrogens is 330 g/mol. The van der Waals surface area contributed by atoms with Crippen LogP contribution >= 0.6 is 0 Å². The number of fused-ring (bicyclic) bond motifs is 1. The molecule has 1 fully saturated rings. The number of hydrogen-bond donors (Lipinski definition) is 1. The van der Waals surface area contributed by atoms with E-state index in [1.54, 1.807) is 6.07 Å². The van der Waals surface area contributed by atoms with E-state index in [0.717, 1.165) is 23.9 Å². The number of rotatable bonds is 3. The molecule has 0 atom stereocenters. The van der Waals surface area contributed by atoms with Gasteiger partial charge in [0, 0.05) is 17.0 Å². The number of benzene rings is 3. The second-order valence-electron chi connectivity index (χ2n) is 7.44. The minimum absolute atomic E-state index is 0.265. The highest BCUT2D eigenvalue weighted by Gasteiger charge is 2.32. The molecule has 4 aromatic rings. The van der Waals surface area contributed by atoms with Gasteiger partial charge in [-0.1, -0.05) is 72.8 Å². The molecule has 1 aliphatic carbocycles. The molecule has 132 valence electrons. The van der Waals surface area contributed by atoms with Gasteiger partial charge >= 0.3 is 0 Å². The summed E-state index contributed by atoms with van der Waals surface area (Å²) in [5, 5.41) is 11.0. The van der Waals surface area contributed by atoms with Gasteiger partial charge in [0.25, 0.3) is 0 Å². The molecule has 5 rings (SSSR count). The first-order valence-corrected chi connectivity index (χ1v) is 9.52. The maximum absolute atomic E-state index is 10.1. The molecule has 27 heavy (non-hydrogen) atoms. The summed E-state index contributed by atoms with van der Waals surface area (Å²) in [7, 11) is 0. The Bertz CT molecular complexity index is 1080. The fourth-order valence-corrected chi connectivity index (χ4v) is 4.08. The van der Waals surface area contributed by atoms with Gasteiger partial charge in [0.15, 0.2) is 0 Å². The quantitative estimate of drug-likeness (QED) is 0.472. The molecule has 1 heterocycles. The smallest absolute Gasteiger partial charge is 0.141 e. The number of aromatic nitrogens is 1. The Labute approximate surface area is 159 Å². The Kier molecular flexibility index (Phi) is 3.90. The van der Waals surface area contributed by atoms with Crippen molar-refractivity contribution < 1.29 is 5.11 Å². The SMILES string of the molecule is Oc1cccc2ccc(C3CC(c4ccc(-c5ccccc5)cc4)C3)nc12. The average Bonchev–Trinajstić information content (AvgIpc) is 2.69. The summed E-state index contributed by atoms with van der Waals surface area (Å²) >= 11 is 0. The Morgan fingerprint density at radius 1 is 0.667 bits per heavy atom. The lowest BCUT2D eigenvalue weighted by molar-refractivity contribution is 0.345. The summed E-state index contributed by atoms with van der Waals surface area (Å²) in [4.78, 5) is 4.73. The summed E-state index contributed by atoms with van der Waals surface area (Å²) in [5.41, 5.74) is 5.75. The molecule has 1 N–H and O–H groups in total. The van der Waals surface area contributed by atoms with Crippen LogP contribution < -0.4 is 0 Å². The maximum atomic E-state index is 10.1. The molecule has 0 unspecified atom stereocenters. The van der Waals surface area contributed by atoms with Gasteiger partial charge in [-0.25, -0.2) is 4.98 Å². The second-order valence-corrected chi connectivity index (χ2v) is 7.44. The molecule has 3 aromatic carbocycles. The van der Waals surface area contributed by atoms with Gasteiger partial charge in [-0.15, -0.1) is 0 Å². The number of para-hydroxylation sites is 1. The van der Waals surface area contributed by atoms with Crippen molar-refractivity contribution in [2.24, 2.45) is 0 Å². The summed E-state index contributed by atoms with van der Waals surface area (Å²) < 4.78 is 0. The van der Waals surface area contributed by atoms with Crippen molar-refractivity contribution in [3.05, 3.63) is 96.2 Å². The van der Waals surface area contributed by atoms with Crippen LogP contribution in [-0.2, 0) is 0 Å². The Morgan fingerprint density at radius 2 is 1.41 bits per heavy atom. The van der Waals surface area contributed by atoms with E-state index in [-0.39, 0.29) is 5.75 Å². The highest BCUT2D eigenvalue weighted by Crippen LogP contribution is 2.47. The van der Waals surface area contributed by atoms with Crippen LogP contribution in [0.2, 0.25) is 0 Å². The Morgan fingerprint density at radius 3 is 2.19 bits per heavy atom. The van der Waals surface area contributed by atoms with E-state index in [4.69, 9.17) is 4.98 Å². The summed E-state index contributed by atoms with van der Waals surface area (Å²) in [5.74, 6) is 1.34. The Balaban J connectivity index is 1.31. The van der Waals surface area contributed by atoms with E-state index in [2.05, 4.69) is 60.7 Å². The molecule has 1 saturated carbocycles. The summed E-state index contributed by atoms with van der Waals surface area (Å²) in [6.07, 6.45) is 2.24. The van der Waals surface area contributed by atoms with Crippen LogP contribution in [-0.4, -0.2) is 10.1 Å². The van der Waals surface area contributed by atoms with Crippen LogP contribution in [0.25, 0.3) is 22.0 Å². The van der Waals surface area contributed by atoms with Crippen molar-refractivity contribution in [3.8, 4) is 16.9 Å². The zero-order valence-corrected chi connectivity index (χ0v) is 15.0. The van der Waals surface area contributed by atoms with E-state index in [1.165, 1.54) is 16.7 Å². The molecule has 0 bridgehead atoms. The van der Waals surface area contributed by atoms with Crippen LogP contribution in [0.1, 0.15) is 35.9 Å². The van der Waals surface area contributed by atoms with Gasteiger partial charge < -0.3 is 5.11 Å². The largest absolute Gasteiger partial charge is 0.506 e. The first-order valence-electron chi connectivity index (χ1n) is 9.52. The molecule has 0 amide bonds. The zero-order valence-electron chi connectivity index (χ0n) is 15.0. The van der Waals surface area contributed by atoms with E-state index in [9.17, 15) is 5.11 Å². The van der Waals surface area contributed by atoms with E-state index >= 15 is 0 Å². The highest BCUT2D eigenvalue weighted by atomic mass is 16.3. The second kappa shape index (κ2) is 6.55. The van der Waals surface area contributed by atoms with Crippen LogP contribution in [0.4, 0.5) is 0 Å². The van der Waals surface area contributed by atoms with Crippen molar-refractivity contribution in [2.45, 2.75) is 24.7 Å². The monoisotopic (exact) mass is 351 g/mol. The number of hydrogen-bond acceptors (Lipinski definition) is 2. The van der Waals surface area contributed by atoms with Crippen LogP contribution in [0.15, 0.2) is 84.9 Å². The topological polar surface area (TPSA) is 33.1 Å². The molecule has 0 spiro atoms. The van der Waals surface area contributed by atoms with Gasteiger partial charge in [-0.2, -0.15) is 0 Å². The van der Waals surface area contributed by atoms with Gasteiger partial charge in [0.1, 0.15) is 11.3 Å². The minimum atomic E-state index is 0.265. The maximum Gasteiger partial charge on any atom is 0.141 e. The predicted molar refractivity (Wildman–Crippen MR) is 110 cm³/mol. The van der Waals surface area contributed by atoms with Crippen molar-refractivity contribution >= 4 is 10.9 Å².